The monoisotopic (exact) mass is 1070 g/mol. The molecule has 0 saturated carbocycles. The molecule has 0 amide bonds. The lowest BCUT2D eigenvalue weighted by molar-refractivity contribution is -0.870. The third kappa shape index (κ3) is 59.7. The van der Waals surface area contributed by atoms with Crippen LogP contribution in [-0.4, -0.2) is 70.0 Å². The molecule has 2 unspecified atom stereocenters. The number of hydrogen-bond acceptors (Lipinski definition) is 8. The second-order valence-corrected chi connectivity index (χ2v) is 24.5. The Morgan fingerprint density at radius 2 is 0.689 bits per heavy atom. The van der Waals surface area contributed by atoms with E-state index in [0.717, 1.165) is 32.1 Å². The minimum atomic E-state index is -4.63. The molecule has 0 spiro atoms. The predicted octanol–water partition coefficient (Wildman–Crippen LogP) is 19.5. The van der Waals surface area contributed by atoms with Crippen molar-refractivity contribution in [2.75, 3.05) is 47.5 Å². The minimum absolute atomic E-state index is 0.0283. The zero-order valence-corrected chi connectivity index (χ0v) is 50.7. The molecule has 0 aliphatic rings. The smallest absolute Gasteiger partial charge is 0.306 e. The van der Waals surface area contributed by atoms with E-state index in [2.05, 4.69) is 38.2 Å². The highest BCUT2D eigenvalue weighted by Crippen LogP contribution is 2.38. The van der Waals surface area contributed by atoms with Crippen molar-refractivity contribution in [2.45, 2.75) is 328 Å². The number of phosphoric acid groups is 1. The maximum atomic E-state index is 12.8. The summed E-state index contributed by atoms with van der Waals surface area (Å²) < 4.78 is 34.2. The predicted molar refractivity (Wildman–Crippen MR) is 314 cm³/mol. The lowest BCUT2D eigenvalue weighted by Crippen LogP contribution is -2.37. The summed E-state index contributed by atoms with van der Waals surface area (Å²) in [6.45, 7) is 4.30. The highest BCUT2D eigenvalue weighted by molar-refractivity contribution is 7.45. The van der Waals surface area contributed by atoms with Crippen molar-refractivity contribution in [3.8, 4) is 0 Å². The lowest BCUT2D eigenvalue weighted by Gasteiger charge is -2.28. The molecule has 0 aromatic rings. The van der Waals surface area contributed by atoms with Gasteiger partial charge in [0.1, 0.15) is 19.8 Å². The third-order valence-corrected chi connectivity index (χ3v) is 15.4. The van der Waals surface area contributed by atoms with Gasteiger partial charge in [-0.3, -0.25) is 14.2 Å². The van der Waals surface area contributed by atoms with Crippen LogP contribution < -0.4 is 4.89 Å². The van der Waals surface area contributed by atoms with E-state index >= 15 is 0 Å². The van der Waals surface area contributed by atoms with E-state index in [9.17, 15) is 19.0 Å². The first-order valence-corrected chi connectivity index (χ1v) is 33.5. The Hall–Kier alpha value is -1.51. The van der Waals surface area contributed by atoms with Gasteiger partial charge in [0.25, 0.3) is 7.82 Å². The van der Waals surface area contributed by atoms with Gasteiger partial charge >= 0.3 is 11.9 Å². The van der Waals surface area contributed by atoms with Crippen LogP contribution in [0.15, 0.2) is 24.3 Å². The van der Waals surface area contributed by atoms with Crippen LogP contribution in [0.1, 0.15) is 322 Å². The number of carbonyl (C=O) groups excluding carboxylic acids is 2. The van der Waals surface area contributed by atoms with E-state index in [-0.39, 0.29) is 32.0 Å². The molecular formula is C64H124NO8P. The van der Waals surface area contributed by atoms with E-state index < -0.39 is 26.5 Å². The summed E-state index contributed by atoms with van der Waals surface area (Å²) in [5, 5.41) is 0. The Balaban J connectivity index is 4.05. The summed E-state index contributed by atoms with van der Waals surface area (Å²) >= 11 is 0. The molecule has 2 atom stereocenters. The van der Waals surface area contributed by atoms with E-state index in [1.54, 1.807) is 0 Å². The van der Waals surface area contributed by atoms with Crippen LogP contribution in [0, 0.1) is 0 Å². The molecule has 0 aliphatic carbocycles. The Labute approximate surface area is 459 Å². The molecule has 438 valence electrons. The second-order valence-electron chi connectivity index (χ2n) is 23.1. The highest BCUT2D eigenvalue weighted by Gasteiger charge is 2.22. The maximum absolute atomic E-state index is 12.8. The number of nitrogens with zero attached hydrogens (tertiary/aromatic N) is 1. The molecular weight excluding hydrogens is 942 g/mol. The molecule has 0 aromatic heterocycles. The quantitative estimate of drug-likeness (QED) is 0.0195. The topological polar surface area (TPSA) is 111 Å². The molecule has 0 aliphatic heterocycles. The second kappa shape index (κ2) is 56.2. The van der Waals surface area contributed by atoms with E-state index in [1.807, 2.05) is 21.1 Å². The van der Waals surface area contributed by atoms with Gasteiger partial charge in [-0.15, -0.1) is 0 Å². The van der Waals surface area contributed by atoms with Crippen molar-refractivity contribution in [3.63, 3.8) is 0 Å². The van der Waals surface area contributed by atoms with Gasteiger partial charge in [-0.2, -0.15) is 0 Å². The Kier molecular flexibility index (Phi) is 55.1. The Morgan fingerprint density at radius 1 is 0.405 bits per heavy atom. The zero-order valence-electron chi connectivity index (χ0n) is 49.8. The van der Waals surface area contributed by atoms with Crippen molar-refractivity contribution in [1.82, 2.24) is 0 Å². The Bertz CT molecular complexity index is 1300. The molecule has 0 rings (SSSR count). The average Bonchev–Trinajstić information content (AvgIpc) is 3.36. The number of likely N-dealkylation sites (N-methyl/N-ethyl adjacent to an activating group) is 1. The van der Waals surface area contributed by atoms with Crippen molar-refractivity contribution < 1.29 is 42.1 Å². The Morgan fingerprint density at radius 3 is 1.00 bits per heavy atom. The van der Waals surface area contributed by atoms with Gasteiger partial charge in [-0.25, -0.2) is 0 Å². The van der Waals surface area contributed by atoms with Crippen LogP contribution in [0.2, 0.25) is 0 Å². The molecule has 0 fully saturated rings. The SMILES string of the molecule is CCCCCCCCCC/C=C\CCCCCCCCCCCCCCCCCCCC(=O)OC(COC(=O)CCCCCCCCCCC/C=C\CCCCCCCCCC)COP(=O)([O-])OCC[N+](C)(C)C. The molecule has 0 saturated heterocycles. The van der Waals surface area contributed by atoms with Crippen LogP contribution in [0.4, 0.5) is 0 Å². The number of carbonyl (C=O) groups is 2. The minimum Gasteiger partial charge on any atom is -0.756 e. The fraction of sp³-hybridized carbons (Fsp3) is 0.906. The molecule has 0 aromatic carbocycles. The van der Waals surface area contributed by atoms with Gasteiger partial charge in [0.2, 0.25) is 0 Å². The average molecular weight is 1070 g/mol. The number of esters is 2. The van der Waals surface area contributed by atoms with Crippen molar-refractivity contribution in [2.24, 2.45) is 0 Å². The summed E-state index contributed by atoms with van der Waals surface area (Å²) in [4.78, 5) is 37.9. The summed E-state index contributed by atoms with van der Waals surface area (Å²) in [5.41, 5.74) is 0. The van der Waals surface area contributed by atoms with Crippen molar-refractivity contribution >= 4 is 19.8 Å². The van der Waals surface area contributed by atoms with Crippen LogP contribution in [0.25, 0.3) is 0 Å². The molecule has 9 nitrogen and oxygen atoms in total. The first-order chi connectivity index (χ1) is 36.0. The zero-order chi connectivity index (χ0) is 54.2. The number of phosphoric ester groups is 1. The number of ether oxygens (including phenoxy) is 2. The number of unbranched alkanes of at least 4 members (excludes halogenated alkanes) is 42. The molecule has 0 N–H and O–H groups in total. The fourth-order valence-electron chi connectivity index (χ4n) is 9.47. The summed E-state index contributed by atoms with van der Waals surface area (Å²) in [6, 6.07) is 0. The van der Waals surface area contributed by atoms with Crippen molar-refractivity contribution in [3.05, 3.63) is 24.3 Å². The van der Waals surface area contributed by atoms with Crippen LogP contribution in [0.3, 0.4) is 0 Å². The molecule has 0 bridgehead atoms. The number of hydrogen-bond donors (Lipinski definition) is 0. The van der Waals surface area contributed by atoms with Gasteiger partial charge in [0, 0.05) is 12.8 Å². The summed E-state index contributed by atoms with van der Waals surface area (Å²) in [7, 11) is 1.18. The van der Waals surface area contributed by atoms with Gasteiger partial charge in [-0.1, -0.05) is 269 Å². The summed E-state index contributed by atoms with van der Waals surface area (Å²) in [6.07, 6.45) is 68.1. The van der Waals surface area contributed by atoms with E-state index in [1.165, 1.54) is 257 Å². The number of rotatable bonds is 60. The largest absolute Gasteiger partial charge is 0.756 e. The highest BCUT2D eigenvalue weighted by atomic mass is 31.2. The number of allylic oxidation sites excluding steroid dienone is 4. The van der Waals surface area contributed by atoms with Crippen LogP contribution in [-0.2, 0) is 32.7 Å². The van der Waals surface area contributed by atoms with Gasteiger partial charge < -0.3 is 27.9 Å². The normalized spacial score (nSPS) is 13.3. The van der Waals surface area contributed by atoms with Gasteiger partial charge in [0.05, 0.1) is 27.7 Å². The van der Waals surface area contributed by atoms with Gasteiger partial charge in [0.15, 0.2) is 6.10 Å². The van der Waals surface area contributed by atoms with Gasteiger partial charge in [-0.05, 0) is 64.2 Å². The first-order valence-electron chi connectivity index (χ1n) is 32.0. The lowest BCUT2D eigenvalue weighted by atomic mass is 10.0. The van der Waals surface area contributed by atoms with Crippen LogP contribution >= 0.6 is 7.82 Å². The molecule has 74 heavy (non-hydrogen) atoms. The fourth-order valence-corrected chi connectivity index (χ4v) is 10.2. The summed E-state index contributed by atoms with van der Waals surface area (Å²) in [5.74, 6) is -0.818. The van der Waals surface area contributed by atoms with E-state index in [4.69, 9.17) is 18.5 Å². The number of quaternary nitrogens is 1. The van der Waals surface area contributed by atoms with Crippen LogP contribution in [0.5, 0.6) is 0 Å². The van der Waals surface area contributed by atoms with Crippen molar-refractivity contribution in [1.29, 1.82) is 0 Å². The molecule has 10 heteroatoms. The standard InChI is InChI=1S/C64H124NO8P/c1-6-8-10-12-14-16-18-20-22-24-26-28-29-30-31-32-33-34-35-37-39-41-43-45-47-49-51-53-55-57-64(67)73-62(61-72-74(68,69)71-59-58-65(3,4)5)60-70-63(66)56-54-52-50-48-46-44-42-40-38-36-27-25-23-21-19-17-15-13-11-9-7-2/h24-27,62H,6-23,28-61H2,1-5H3/b26-24-,27-25-. The van der Waals surface area contributed by atoms with E-state index in [0.29, 0.717) is 17.4 Å². The molecule has 0 radical (unpaired) electrons. The molecule has 0 heterocycles. The third-order valence-electron chi connectivity index (χ3n) is 14.4. The first kappa shape index (κ1) is 72.5. The maximum Gasteiger partial charge on any atom is 0.306 e.